The van der Waals surface area contributed by atoms with Crippen LogP contribution in [0.5, 0.6) is 0 Å². The molecule has 1 fully saturated rings. The molecule has 5 heteroatoms. The van der Waals surface area contributed by atoms with Crippen molar-refractivity contribution in [3.05, 3.63) is 23.0 Å². The van der Waals surface area contributed by atoms with Gasteiger partial charge in [-0.3, -0.25) is 4.79 Å². The fraction of sp³-hybridized carbons (Fsp3) is 0.500. The van der Waals surface area contributed by atoms with Gasteiger partial charge in [0.25, 0.3) is 5.91 Å². The number of nitrogens with one attached hydrogen (secondary N) is 1. The second kappa shape index (κ2) is 4.14. The summed E-state index contributed by atoms with van der Waals surface area (Å²) >= 11 is 5.58. The highest BCUT2D eigenvalue weighted by Crippen LogP contribution is 2.32. The fourth-order valence-electron chi connectivity index (χ4n) is 1.43. The molecule has 4 nitrogen and oxygen atoms in total. The lowest BCUT2D eigenvalue weighted by molar-refractivity contribution is 0.0929. The van der Waals surface area contributed by atoms with Gasteiger partial charge in [0.1, 0.15) is 0 Å². The minimum Gasteiger partial charge on any atom is -0.348 e. The van der Waals surface area contributed by atoms with E-state index in [1.165, 1.54) is 12.8 Å². The molecule has 0 spiro atoms. The highest BCUT2D eigenvalue weighted by molar-refractivity contribution is 6.29. The zero-order valence-electron chi connectivity index (χ0n) is 8.40. The summed E-state index contributed by atoms with van der Waals surface area (Å²) in [6.45, 7) is 2.01. The quantitative estimate of drug-likeness (QED) is 0.851. The number of hydrogen-bond donors (Lipinski definition) is 1. The van der Waals surface area contributed by atoms with Crippen LogP contribution in [0.4, 0.5) is 0 Å². The fourth-order valence-corrected chi connectivity index (χ4v) is 1.53. The van der Waals surface area contributed by atoms with E-state index in [2.05, 4.69) is 15.5 Å². The molecule has 1 aliphatic carbocycles. The smallest absolute Gasteiger partial charge is 0.272 e. The van der Waals surface area contributed by atoms with Crippen LogP contribution in [0, 0.1) is 5.92 Å². The Labute approximate surface area is 93.0 Å². The molecule has 1 aromatic rings. The maximum atomic E-state index is 11.6. The highest BCUT2D eigenvalue weighted by atomic mass is 35.5. The zero-order valence-corrected chi connectivity index (χ0v) is 9.16. The van der Waals surface area contributed by atoms with Gasteiger partial charge in [-0.15, -0.1) is 10.2 Å². The van der Waals surface area contributed by atoms with Crippen LogP contribution in [0.25, 0.3) is 0 Å². The Balaban J connectivity index is 1.97. The number of rotatable bonds is 3. The van der Waals surface area contributed by atoms with Gasteiger partial charge in [0, 0.05) is 6.04 Å². The molecule has 0 bridgehead atoms. The summed E-state index contributed by atoms with van der Waals surface area (Å²) < 4.78 is 0. The minimum atomic E-state index is -0.182. The van der Waals surface area contributed by atoms with Crippen molar-refractivity contribution in [2.75, 3.05) is 0 Å². The first-order valence-corrected chi connectivity index (χ1v) is 5.34. The summed E-state index contributed by atoms with van der Waals surface area (Å²) in [7, 11) is 0. The first kappa shape index (κ1) is 10.4. The molecule has 80 valence electrons. The van der Waals surface area contributed by atoms with E-state index < -0.39 is 0 Å². The Morgan fingerprint density at radius 1 is 1.53 bits per heavy atom. The van der Waals surface area contributed by atoms with Gasteiger partial charge in [0.15, 0.2) is 10.8 Å². The van der Waals surface area contributed by atoms with Gasteiger partial charge in [-0.05, 0) is 37.8 Å². The van der Waals surface area contributed by atoms with Crippen molar-refractivity contribution in [1.29, 1.82) is 0 Å². The molecule has 2 rings (SSSR count). The van der Waals surface area contributed by atoms with Crippen LogP contribution >= 0.6 is 11.6 Å². The molecule has 0 aliphatic heterocycles. The molecule has 1 aliphatic rings. The lowest BCUT2D eigenvalue weighted by atomic mass is 10.2. The predicted molar refractivity (Wildman–Crippen MR) is 56.7 cm³/mol. The molecule has 0 radical (unpaired) electrons. The van der Waals surface area contributed by atoms with Crippen LogP contribution in [0.1, 0.15) is 30.3 Å². The Kier molecular flexibility index (Phi) is 2.86. The van der Waals surface area contributed by atoms with Crippen LogP contribution in [-0.2, 0) is 0 Å². The average Bonchev–Trinajstić information content (AvgIpc) is 3.01. The van der Waals surface area contributed by atoms with Gasteiger partial charge in [-0.25, -0.2) is 0 Å². The first-order valence-electron chi connectivity index (χ1n) is 4.97. The van der Waals surface area contributed by atoms with Crippen molar-refractivity contribution < 1.29 is 4.79 Å². The summed E-state index contributed by atoms with van der Waals surface area (Å²) in [5, 5.41) is 10.5. The van der Waals surface area contributed by atoms with Crippen molar-refractivity contribution >= 4 is 17.5 Å². The van der Waals surface area contributed by atoms with E-state index in [4.69, 9.17) is 11.6 Å². The Morgan fingerprint density at radius 3 is 2.80 bits per heavy atom. The molecule has 1 atom stereocenters. The van der Waals surface area contributed by atoms with E-state index in [0.29, 0.717) is 16.8 Å². The third-order valence-corrected chi connectivity index (χ3v) is 2.75. The van der Waals surface area contributed by atoms with Gasteiger partial charge in [-0.1, -0.05) is 11.6 Å². The lowest BCUT2D eigenvalue weighted by Gasteiger charge is -2.11. The number of amides is 1. The van der Waals surface area contributed by atoms with Gasteiger partial charge in [0.05, 0.1) is 0 Å². The molecule has 1 N–H and O–H groups in total. The summed E-state index contributed by atoms with van der Waals surface area (Å²) in [5.41, 5.74) is 0.312. The number of carbonyl (C=O) groups is 1. The number of nitrogens with zero attached hydrogens (tertiary/aromatic N) is 2. The maximum Gasteiger partial charge on any atom is 0.272 e. The summed E-state index contributed by atoms with van der Waals surface area (Å²) in [6.07, 6.45) is 2.40. The van der Waals surface area contributed by atoms with Gasteiger partial charge < -0.3 is 5.32 Å². The third kappa shape index (κ3) is 2.65. The second-order valence-corrected chi connectivity index (χ2v) is 4.23. The molecule has 0 saturated heterocycles. The van der Waals surface area contributed by atoms with Crippen LogP contribution in [0.15, 0.2) is 12.1 Å². The molecular weight excluding hydrogens is 214 g/mol. The van der Waals surface area contributed by atoms with Gasteiger partial charge >= 0.3 is 0 Å². The van der Waals surface area contributed by atoms with Crippen molar-refractivity contribution in [3.63, 3.8) is 0 Å². The van der Waals surface area contributed by atoms with E-state index in [1.54, 1.807) is 12.1 Å². The van der Waals surface area contributed by atoms with Crippen LogP contribution < -0.4 is 5.32 Å². The van der Waals surface area contributed by atoms with E-state index in [0.717, 1.165) is 0 Å². The predicted octanol–water partition coefficient (Wildman–Crippen LogP) is 1.66. The van der Waals surface area contributed by atoms with E-state index >= 15 is 0 Å². The molecule has 1 amide bonds. The normalized spacial score (nSPS) is 17.2. The highest BCUT2D eigenvalue weighted by Gasteiger charge is 2.29. The van der Waals surface area contributed by atoms with Crippen molar-refractivity contribution in [3.8, 4) is 0 Å². The van der Waals surface area contributed by atoms with Crippen molar-refractivity contribution in [2.24, 2.45) is 5.92 Å². The molecule has 1 saturated carbocycles. The van der Waals surface area contributed by atoms with Crippen molar-refractivity contribution in [1.82, 2.24) is 15.5 Å². The minimum absolute atomic E-state index is 0.182. The Hall–Kier alpha value is -1.16. The van der Waals surface area contributed by atoms with Crippen LogP contribution in [-0.4, -0.2) is 22.1 Å². The zero-order chi connectivity index (χ0) is 10.8. The van der Waals surface area contributed by atoms with E-state index in [-0.39, 0.29) is 11.9 Å². The largest absolute Gasteiger partial charge is 0.348 e. The molecule has 1 aromatic heterocycles. The van der Waals surface area contributed by atoms with Crippen LogP contribution in [0.3, 0.4) is 0 Å². The number of aromatic nitrogens is 2. The molecule has 1 heterocycles. The van der Waals surface area contributed by atoms with Crippen molar-refractivity contribution in [2.45, 2.75) is 25.8 Å². The molecule has 1 unspecified atom stereocenters. The Morgan fingerprint density at radius 2 is 2.27 bits per heavy atom. The third-order valence-electron chi connectivity index (χ3n) is 2.55. The molecular formula is C10H12ClN3O. The van der Waals surface area contributed by atoms with E-state index in [1.807, 2.05) is 6.92 Å². The van der Waals surface area contributed by atoms with Crippen LogP contribution in [0.2, 0.25) is 5.15 Å². The summed E-state index contributed by atoms with van der Waals surface area (Å²) in [4.78, 5) is 11.6. The summed E-state index contributed by atoms with van der Waals surface area (Å²) in [5.74, 6) is 0.452. The maximum absolute atomic E-state index is 11.6. The number of hydrogen-bond acceptors (Lipinski definition) is 3. The van der Waals surface area contributed by atoms with E-state index in [9.17, 15) is 4.79 Å². The Bertz CT molecular complexity index is 361. The molecule has 15 heavy (non-hydrogen) atoms. The standard InChI is InChI=1S/C10H12ClN3O/c1-6(7-2-3-7)12-10(15)8-4-5-9(11)14-13-8/h4-7H,2-3H2,1H3,(H,12,15). The number of carbonyl (C=O) groups excluding carboxylic acids is 1. The van der Waals surface area contributed by atoms with Gasteiger partial charge in [-0.2, -0.15) is 0 Å². The molecule has 0 aromatic carbocycles. The second-order valence-electron chi connectivity index (χ2n) is 3.84. The topological polar surface area (TPSA) is 54.9 Å². The lowest BCUT2D eigenvalue weighted by Crippen LogP contribution is -2.34. The SMILES string of the molecule is CC(NC(=O)c1ccc(Cl)nn1)C1CC1. The average molecular weight is 226 g/mol. The summed E-state index contributed by atoms with van der Waals surface area (Å²) in [6, 6.07) is 3.35. The monoisotopic (exact) mass is 225 g/mol. The number of halogens is 1. The van der Waals surface area contributed by atoms with Gasteiger partial charge in [0.2, 0.25) is 0 Å². The first-order chi connectivity index (χ1) is 7.16.